The van der Waals surface area contributed by atoms with E-state index in [0.717, 1.165) is 53.5 Å². The lowest BCUT2D eigenvalue weighted by Crippen LogP contribution is -2.58. The molecule has 0 amide bonds. The zero-order valence-corrected chi connectivity index (χ0v) is 30.9. The van der Waals surface area contributed by atoms with Crippen molar-refractivity contribution >= 4 is 0 Å². The minimum atomic E-state index is -1.30. The van der Waals surface area contributed by atoms with Crippen molar-refractivity contribution in [1.82, 2.24) is 0 Å². The Morgan fingerprint density at radius 1 is 0.736 bits per heavy atom. The lowest BCUT2D eigenvalue weighted by molar-refractivity contribution is -0.339. The van der Waals surface area contributed by atoms with E-state index in [9.17, 15) is 35.7 Å². The summed E-state index contributed by atoms with van der Waals surface area (Å²) in [5, 5.41) is 72.7. The number of aryl methyl sites for hydroxylation is 2. The molecule has 53 heavy (non-hydrogen) atoms. The van der Waals surface area contributed by atoms with E-state index in [1.54, 1.807) is 0 Å². The first-order valence-electron chi connectivity index (χ1n) is 18.8. The fraction of sp³-hybridized carbons (Fsp3) is 0.692. The van der Waals surface area contributed by atoms with Gasteiger partial charge in [-0.25, -0.2) is 0 Å². The summed E-state index contributed by atoms with van der Waals surface area (Å²) in [6, 6.07) is 10.3. The number of unbranched alkanes of at least 4 members (excludes halogenated alkanes) is 2. The molecule has 2 aromatic rings. The monoisotopic (exact) mass is 748 g/mol. The Kier molecular flexibility index (Phi) is 13.0. The van der Waals surface area contributed by atoms with E-state index in [-0.39, 0.29) is 19.3 Å². The molecule has 14 heteroatoms. The van der Waals surface area contributed by atoms with Crippen molar-refractivity contribution in [3.05, 3.63) is 47.0 Å². The quantitative estimate of drug-likeness (QED) is 0.146. The Bertz CT molecular complexity index is 1520. The number of rotatable bonds is 13. The van der Waals surface area contributed by atoms with Gasteiger partial charge in [-0.2, -0.15) is 0 Å². The van der Waals surface area contributed by atoms with Gasteiger partial charge in [0.05, 0.1) is 43.7 Å². The molecule has 6 rings (SSSR count). The Morgan fingerprint density at radius 3 is 1.94 bits per heavy atom. The van der Waals surface area contributed by atoms with Crippen molar-refractivity contribution in [1.29, 1.82) is 0 Å². The molecule has 12 atom stereocenters. The highest BCUT2D eigenvalue weighted by Crippen LogP contribution is 2.51. The molecule has 3 fully saturated rings. The highest BCUT2D eigenvalue weighted by atomic mass is 16.7. The van der Waals surface area contributed by atoms with Crippen LogP contribution >= 0.6 is 0 Å². The molecule has 9 unspecified atom stereocenters. The molecular weight excluding hydrogens is 692 g/mol. The predicted molar refractivity (Wildman–Crippen MR) is 189 cm³/mol. The van der Waals surface area contributed by atoms with Gasteiger partial charge in [0.25, 0.3) is 0 Å². The van der Waals surface area contributed by atoms with E-state index in [0.29, 0.717) is 11.5 Å². The molecule has 0 aromatic heterocycles. The van der Waals surface area contributed by atoms with E-state index in [2.05, 4.69) is 31.2 Å². The summed E-state index contributed by atoms with van der Waals surface area (Å²) in [5.41, 5.74) is 4.38. The number of fused-ring (bicyclic) bond motifs is 3. The average Bonchev–Trinajstić information content (AvgIpc) is 3.11. The molecule has 0 radical (unpaired) electrons. The molecule has 14 nitrogen and oxygen atoms in total. The first kappa shape index (κ1) is 40.2. The molecule has 4 heterocycles. The summed E-state index contributed by atoms with van der Waals surface area (Å²) in [6.45, 7) is 6.64. The van der Waals surface area contributed by atoms with Crippen molar-refractivity contribution in [2.24, 2.45) is 0 Å². The van der Waals surface area contributed by atoms with Crippen molar-refractivity contribution in [2.75, 3.05) is 19.8 Å². The van der Waals surface area contributed by atoms with Gasteiger partial charge < -0.3 is 68.9 Å². The van der Waals surface area contributed by atoms with E-state index >= 15 is 0 Å². The first-order valence-corrected chi connectivity index (χ1v) is 18.8. The fourth-order valence-electron chi connectivity index (χ4n) is 7.80. The normalized spacial score (nSPS) is 35.2. The van der Waals surface area contributed by atoms with Gasteiger partial charge in [0.2, 0.25) is 6.29 Å². The van der Waals surface area contributed by atoms with Gasteiger partial charge >= 0.3 is 0 Å². The standard InChI is InChI=1S/C39H56O14/c1-5-6-7-8-21-12-27(35-22-11-20(2)9-10-23(22)39(3,4)53-28(35)13-21)47-32-15-25(44)37(30(18-41)49-32)52-34-16-26(45)38(31(19-42)50-34)51-33-14-24(43)36(46)29(17-40)48-33/h9-13,24-26,29-34,36-38,40-46H,5-8,14-19H2,1-4H3/t24?,25?,26?,29?,30?,31?,32?,33?,34?,36-,37-,38-/m0/s1. The average molecular weight is 749 g/mol. The van der Waals surface area contributed by atoms with E-state index in [1.165, 1.54) is 0 Å². The second-order valence-corrected chi connectivity index (χ2v) is 15.2. The summed E-state index contributed by atoms with van der Waals surface area (Å²) < 4.78 is 42.8. The van der Waals surface area contributed by atoms with Gasteiger partial charge in [-0.3, -0.25) is 0 Å². The smallest absolute Gasteiger partial charge is 0.202 e. The number of aliphatic hydroxyl groups excluding tert-OH is 7. The van der Waals surface area contributed by atoms with Crippen LogP contribution in [0, 0.1) is 6.92 Å². The summed E-state index contributed by atoms with van der Waals surface area (Å²) >= 11 is 0. The Morgan fingerprint density at radius 2 is 1.32 bits per heavy atom. The van der Waals surface area contributed by atoms with Crippen LogP contribution in [0.4, 0.5) is 0 Å². The minimum absolute atomic E-state index is 0.00726. The fourth-order valence-corrected chi connectivity index (χ4v) is 7.80. The molecular formula is C39H56O14. The second-order valence-electron chi connectivity index (χ2n) is 15.2. The molecule has 7 N–H and O–H groups in total. The minimum Gasteiger partial charge on any atom is -0.482 e. The molecule has 296 valence electrons. The lowest BCUT2D eigenvalue weighted by atomic mass is 9.84. The molecule has 0 aliphatic carbocycles. The van der Waals surface area contributed by atoms with Crippen molar-refractivity contribution < 1.29 is 68.9 Å². The molecule has 0 spiro atoms. The van der Waals surface area contributed by atoms with Crippen LogP contribution in [-0.4, -0.2) is 129 Å². The number of hydrogen-bond acceptors (Lipinski definition) is 14. The maximum atomic E-state index is 11.4. The first-order chi connectivity index (χ1) is 25.3. The third kappa shape index (κ3) is 8.85. The van der Waals surface area contributed by atoms with Crippen LogP contribution in [0.3, 0.4) is 0 Å². The molecule has 3 saturated heterocycles. The van der Waals surface area contributed by atoms with Crippen molar-refractivity contribution in [3.8, 4) is 22.6 Å². The van der Waals surface area contributed by atoms with E-state index in [1.807, 2.05) is 26.8 Å². The van der Waals surface area contributed by atoms with E-state index < -0.39 is 99.2 Å². The van der Waals surface area contributed by atoms with Crippen LogP contribution in [-0.2, 0) is 35.7 Å². The van der Waals surface area contributed by atoms with Crippen LogP contribution in [0.25, 0.3) is 11.1 Å². The summed E-state index contributed by atoms with van der Waals surface area (Å²) in [7, 11) is 0. The van der Waals surface area contributed by atoms with Crippen LogP contribution < -0.4 is 9.47 Å². The Hall–Kier alpha value is -2.44. The summed E-state index contributed by atoms with van der Waals surface area (Å²) in [4.78, 5) is 0. The van der Waals surface area contributed by atoms with Gasteiger partial charge in [0.15, 0.2) is 12.6 Å². The third-order valence-corrected chi connectivity index (χ3v) is 10.6. The molecule has 4 aliphatic rings. The zero-order chi connectivity index (χ0) is 38.0. The van der Waals surface area contributed by atoms with Gasteiger partial charge in [-0.05, 0) is 56.9 Å². The van der Waals surface area contributed by atoms with Gasteiger partial charge in [0.1, 0.15) is 53.7 Å². The van der Waals surface area contributed by atoms with Crippen molar-refractivity contribution in [3.63, 3.8) is 0 Å². The summed E-state index contributed by atoms with van der Waals surface area (Å²) in [6.07, 6.45) is -9.73. The Balaban J connectivity index is 1.16. The van der Waals surface area contributed by atoms with Gasteiger partial charge in [-0.1, -0.05) is 43.5 Å². The maximum absolute atomic E-state index is 11.4. The van der Waals surface area contributed by atoms with Crippen LogP contribution in [0.2, 0.25) is 0 Å². The largest absolute Gasteiger partial charge is 0.482 e. The number of hydrogen-bond donors (Lipinski definition) is 7. The highest BCUT2D eigenvalue weighted by Gasteiger charge is 2.47. The van der Waals surface area contributed by atoms with Crippen LogP contribution in [0.5, 0.6) is 11.5 Å². The van der Waals surface area contributed by atoms with Crippen LogP contribution in [0.15, 0.2) is 30.3 Å². The number of benzene rings is 2. The second kappa shape index (κ2) is 17.1. The van der Waals surface area contributed by atoms with Gasteiger partial charge in [0, 0.05) is 24.8 Å². The SMILES string of the molecule is CCCCCc1cc(OC2CC(O)[C@H](OC3CC(O)[C@H](OC4CC(O)[C@H](O)C(CO)O4)C(CO)O3)C(CO)O2)c2c(c1)OC(C)(C)c1ccc(C)cc1-2. The van der Waals surface area contributed by atoms with Gasteiger partial charge in [-0.15, -0.1) is 0 Å². The molecule has 0 saturated carbocycles. The predicted octanol–water partition coefficient (Wildman–Crippen LogP) is 1.94. The summed E-state index contributed by atoms with van der Waals surface area (Å²) in [5.74, 6) is 1.26. The Labute approximate surface area is 310 Å². The maximum Gasteiger partial charge on any atom is 0.202 e. The number of ether oxygens (including phenoxy) is 7. The van der Waals surface area contributed by atoms with Crippen LogP contribution in [0.1, 0.15) is 76.0 Å². The van der Waals surface area contributed by atoms with E-state index in [4.69, 9.17) is 33.2 Å². The van der Waals surface area contributed by atoms with Crippen molar-refractivity contribution in [2.45, 2.75) is 152 Å². The lowest BCUT2D eigenvalue weighted by Gasteiger charge is -2.45. The topological polar surface area (TPSA) is 206 Å². The molecule has 4 aliphatic heterocycles. The molecule has 2 aromatic carbocycles. The highest BCUT2D eigenvalue weighted by molar-refractivity contribution is 5.82. The zero-order valence-electron chi connectivity index (χ0n) is 30.9. The third-order valence-electron chi connectivity index (χ3n) is 10.6. The molecule has 0 bridgehead atoms. The number of aliphatic hydroxyl groups is 7.